The number of benzene rings is 1. The highest BCUT2D eigenvalue weighted by molar-refractivity contribution is 5.83. The average molecular weight is 276 g/mol. The third-order valence-corrected chi connectivity index (χ3v) is 3.66. The number of carbonyl (C=O) groups is 1. The van der Waals surface area contributed by atoms with E-state index >= 15 is 0 Å². The summed E-state index contributed by atoms with van der Waals surface area (Å²) < 4.78 is 5.34. The number of methoxy groups -OCH3 is 1. The summed E-state index contributed by atoms with van der Waals surface area (Å²) in [6.07, 6.45) is 1.57. The molecule has 4 heteroatoms. The molecule has 1 fully saturated rings. The Kier molecular flexibility index (Phi) is 5.56. The minimum absolute atomic E-state index is 0.260. The summed E-state index contributed by atoms with van der Waals surface area (Å²) in [6.45, 7) is 6.56. The van der Waals surface area contributed by atoms with Crippen molar-refractivity contribution < 1.29 is 9.53 Å². The van der Waals surface area contributed by atoms with Crippen molar-refractivity contribution in [2.75, 3.05) is 39.8 Å². The van der Waals surface area contributed by atoms with Crippen molar-refractivity contribution in [1.82, 2.24) is 10.2 Å². The molecular weight excluding hydrogens is 252 g/mol. The van der Waals surface area contributed by atoms with Gasteiger partial charge in [-0.25, -0.2) is 0 Å². The standard InChI is InChI=1S/C16H24N2O2/c1-13-4-5-16(20-2)14(10-13)11-15(19)12-18-8-3-6-17-7-9-18/h4-5,10,17H,3,6-9,11-12H2,1-2H3. The van der Waals surface area contributed by atoms with Crippen LogP contribution in [0.5, 0.6) is 5.75 Å². The second kappa shape index (κ2) is 7.41. The van der Waals surface area contributed by atoms with Crippen LogP contribution in [0.15, 0.2) is 18.2 Å². The number of aryl methyl sites for hydroxylation is 1. The number of Topliss-reactive ketones (excluding diaryl/α,β-unsaturated/α-hetero) is 1. The number of nitrogens with zero attached hydrogens (tertiary/aromatic N) is 1. The molecule has 1 aliphatic rings. The molecule has 1 aliphatic heterocycles. The van der Waals surface area contributed by atoms with E-state index in [-0.39, 0.29) is 5.78 Å². The van der Waals surface area contributed by atoms with Gasteiger partial charge >= 0.3 is 0 Å². The van der Waals surface area contributed by atoms with E-state index in [1.54, 1.807) is 7.11 Å². The molecule has 2 rings (SSSR count). The van der Waals surface area contributed by atoms with Crippen LogP contribution in [0.3, 0.4) is 0 Å². The second-order valence-corrected chi connectivity index (χ2v) is 5.41. The molecule has 4 nitrogen and oxygen atoms in total. The molecule has 0 aliphatic carbocycles. The molecule has 1 heterocycles. The van der Waals surface area contributed by atoms with Crippen LogP contribution in [0.2, 0.25) is 0 Å². The van der Waals surface area contributed by atoms with Gasteiger partial charge in [-0.1, -0.05) is 17.7 Å². The Balaban J connectivity index is 1.95. The maximum atomic E-state index is 12.3. The molecule has 110 valence electrons. The molecule has 0 amide bonds. The van der Waals surface area contributed by atoms with Gasteiger partial charge in [0.25, 0.3) is 0 Å². The molecule has 1 aromatic carbocycles. The highest BCUT2D eigenvalue weighted by Gasteiger charge is 2.14. The lowest BCUT2D eigenvalue weighted by molar-refractivity contribution is -0.119. The first-order chi connectivity index (χ1) is 9.69. The minimum atomic E-state index is 0.260. The first-order valence-electron chi connectivity index (χ1n) is 7.27. The van der Waals surface area contributed by atoms with Gasteiger partial charge in [0.15, 0.2) is 5.78 Å². The molecule has 0 radical (unpaired) electrons. The summed E-state index contributed by atoms with van der Waals surface area (Å²) in [5.74, 6) is 1.07. The van der Waals surface area contributed by atoms with Gasteiger partial charge in [0.05, 0.1) is 13.7 Å². The number of ketones is 1. The zero-order valence-electron chi connectivity index (χ0n) is 12.4. The quantitative estimate of drug-likeness (QED) is 0.883. The van der Waals surface area contributed by atoms with E-state index in [9.17, 15) is 4.79 Å². The van der Waals surface area contributed by atoms with Crippen molar-refractivity contribution >= 4 is 5.78 Å². The van der Waals surface area contributed by atoms with E-state index in [0.29, 0.717) is 13.0 Å². The van der Waals surface area contributed by atoms with Gasteiger partial charge < -0.3 is 10.1 Å². The molecule has 1 saturated heterocycles. The van der Waals surface area contributed by atoms with Crippen molar-refractivity contribution in [2.45, 2.75) is 19.8 Å². The molecule has 0 spiro atoms. The Morgan fingerprint density at radius 2 is 2.20 bits per heavy atom. The van der Waals surface area contributed by atoms with Crippen molar-refractivity contribution in [3.63, 3.8) is 0 Å². The van der Waals surface area contributed by atoms with E-state index in [4.69, 9.17) is 4.74 Å². The van der Waals surface area contributed by atoms with Gasteiger partial charge in [-0.05, 0) is 32.5 Å². The van der Waals surface area contributed by atoms with Crippen LogP contribution in [-0.4, -0.2) is 50.5 Å². The first kappa shape index (κ1) is 15.0. The molecule has 20 heavy (non-hydrogen) atoms. The Labute approximate surface area is 121 Å². The van der Waals surface area contributed by atoms with Crippen LogP contribution >= 0.6 is 0 Å². The molecule has 1 aromatic rings. The maximum Gasteiger partial charge on any atom is 0.151 e. The van der Waals surface area contributed by atoms with Crippen LogP contribution in [0.1, 0.15) is 17.5 Å². The van der Waals surface area contributed by atoms with Crippen LogP contribution in [0.25, 0.3) is 0 Å². The van der Waals surface area contributed by atoms with E-state index in [2.05, 4.69) is 10.2 Å². The number of rotatable bonds is 5. The van der Waals surface area contributed by atoms with Gasteiger partial charge in [-0.3, -0.25) is 9.69 Å². The fourth-order valence-electron chi connectivity index (χ4n) is 2.62. The topological polar surface area (TPSA) is 41.6 Å². The third-order valence-electron chi connectivity index (χ3n) is 3.66. The summed E-state index contributed by atoms with van der Waals surface area (Å²) in [5, 5.41) is 3.35. The van der Waals surface area contributed by atoms with Crippen LogP contribution < -0.4 is 10.1 Å². The Hall–Kier alpha value is -1.39. The summed E-state index contributed by atoms with van der Waals surface area (Å²) in [7, 11) is 1.65. The SMILES string of the molecule is COc1ccc(C)cc1CC(=O)CN1CCCNCC1. The summed E-state index contributed by atoms with van der Waals surface area (Å²) in [5.41, 5.74) is 2.15. The molecule has 0 unspecified atom stereocenters. The highest BCUT2D eigenvalue weighted by Crippen LogP contribution is 2.20. The van der Waals surface area contributed by atoms with Crippen molar-refractivity contribution in [3.05, 3.63) is 29.3 Å². The monoisotopic (exact) mass is 276 g/mol. The van der Waals surface area contributed by atoms with Crippen LogP contribution in [0, 0.1) is 6.92 Å². The Bertz CT molecular complexity index is 452. The molecule has 0 bridgehead atoms. The van der Waals surface area contributed by atoms with Crippen molar-refractivity contribution in [2.24, 2.45) is 0 Å². The average Bonchev–Trinajstić information content (AvgIpc) is 2.67. The largest absolute Gasteiger partial charge is 0.496 e. The van der Waals surface area contributed by atoms with Crippen molar-refractivity contribution in [3.8, 4) is 5.75 Å². The minimum Gasteiger partial charge on any atom is -0.496 e. The molecule has 0 aromatic heterocycles. The van der Waals surface area contributed by atoms with E-state index in [1.165, 1.54) is 0 Å². The van der Waals surface area contributed by atoms with E-state index < -0.39 is 0 Å². The Morgan fingerprint density at radius 1 is 1.35 bits per heavy atom. The van der Waals surface area contributed by atoms with Crippen LogP contribution in [-0.2, 0) is 11.2 Å². The van der Waals surface area contributed by atoms with Gasteiger partial charge in [-0.2, -0.15) is 0 Å². The maximum absolute atomic E-state index is 12.3. The predicted octanol–water partition coefficient (Wildman–Crippen LogP) is 1.41. The number of carbonyl (C=O) groups excluding carboxylic acids is 1. The lowest BCUT2D eigenvalue weighted by atomic mass is 10.0. The molecule has 0 saturated carbocycles. The normalized spacial score (nSPS) is 16.7. The summed E-state index contributed by atoms with van der Waals surface area (Å²) in [4.78, 5) is 14.5. The van der Waals surface area contributed by atoms with Crippen LogP contribution in [0.4, 0.5) is 0 Å². The fraction of sp³-hybridized carbons (Fsp3) is 0.562. The first-order valence-corrected chi connectivity index (χ1v) is 7.27. The number of hydrogen-bond acceptors (Lipinski definition) is 4. The zero-order chi connectivity index (χ0) is 14.4. The van der Waals surface area contributed by atoms with Gasteiger partial charge in [0.2, 0.25) is 0 Å². The zero-order valence-corrected chi connectivity index (χ0v) is 12.4. The lowest BCUT2D eigenvalue weighted by Crippen LogP contribution is -2.33. The second-order valence-electron chi connectivity index (χ2n) is 5.41. The van der Waals surface area contributed by atoms with Gasteiger partial charge in [0, 0.05) is 25.1 Å². The third kappa shape index (κ3) is 4.32. The summed E-state index contributed by atoms with van der Waals surface area (Å²) in [6, 6.07) is 5.99. The number of nitrogens with one attached hydrogen (secondary N) is 1. The highest BCUT2D eigenvalue weighted by atomic mass is 16.5. The molecule has 0 atom stereocenters. The molecule has 1 N–H and O–H groups in total. The predicted molar refractivity (Wildman–Crippen MR) is 80.4 cm³/mol. The molecular formula is C16H24N2O2. The van der Waals surface area contributed by atoms with Gasteiger partial charge in [-0.15, -0.1) is 0 Å². The number of hydrogen-bond donors (Lipinski definition) is 1. The lowest BCUT2D eigenvalue weighted by Gasteiger charge is -2.18. The summed E-state index contributed by atoms with van der Waals surface area (Å²) >= 11 is 0. The van der Waals surface area contributed by atoms with Crippen molar-refractivity contribution in [1.29, 1.82) is 0 Å². The number of ether oxygens (including phenoxy) is 1. The Morgan fingerprint density at radius 3 is 3.00 bits per heavy atom. The fourth-order valence-corrected chi connectivity index (χ4v) is 2.62. The van der Waals surface area contributed by atoms with Gasteiger partial charge in [0.1, 0.15) is 5.75 Å². The van der Waals surface area contributed by atoms with E-state index in [0.717, 1.165) is 49.5 Å². The van der Waals surface area contributed by atoms with E-state index in [1.807, 2.05) is 25.1 Å². The smallest absolute Gasteiger partial charge is 0.151 e.